The molecule has 160 valence electrons. The molecule has 0 aromatic heterocycles. The summed E-state index contributed by atoms with van der Waals surface area (Å²) in [5.74, 6) is 0.513. The smallest absolute Gasteiger partial charge is 0.407 e. The summed E-state index contributed by atoms with van der Waals surface area (Å²) in [7, 11) is 5.34. The molecule has 1 fully saturated rings. The number of carbonyl (C=O) groups is 1. The fourth-order valence-corrected chi connectivity index (χ4v) is 3.64. The second-order valence-corrected chi connectivity index (χ2v) is 8.86. The third-order valence-corrected chi connectivity index (χ3v) is 4.72. The highest BCUT2D eigenvalue weighted by atomic mass is 16.7. The molecule has 0 unspecified atom stereocenters. The van der Waals surface area contributed by atoms with Crippen LogP contribution in [0.3, 0.4) is 0 Å². The Hall–Kier alpha value is -0.890. The molecule has 1 aliphatic rings. The van der Waals surface area contributed by atoms with Crippen molar-refractivity contribution in [3.8, 4) is 0 Å². The molecule has 0 heterocycles. The monoisotopic (exact) mass is 388 g/mol. The number of nitrogens with one attached hydrogen (secondary N) is 1. The van der Waals surface area contributed by atoms with E-state index in [4.69, 9.17) is 14.2 Å². The molecule has 0 bridgehead atoms. The van der Waals surface area contributed by atoms with Gasteiger partial charge >= 0.3 is 6.09 Å². The van der Waals surface area contributed by atoms with Crippen molar-refractivity contribution in [2.75, 3.05) is 34.5 Å². The van der Waals surface area contributed by atoms with Gasteiger partial charge in [0.2, 0.25) is 0 Å². The van der Waals surface area contributed by atoms with Crippen molar-refractivity contribution >= 4 is 6.09 Å². The van der Waals surface area contributed by atoms with E-state index >= 15 is 0 Å². The van der Waals surface area contributed by atoms with E-state index in [1.165, 1.54) is 19.3 Å². The van der Waals surface area contributed by atoms with Crippen LogP contribution < -0.4 is 5.32 Å². The van der Waals surface area contributed by atoms with Gasteiger partial charge in [0.1, 0.15) is 18.5 Å². The Morgan fingerprint density at radius 3 is 2.37 bits per heavy atom. The fourth-order valence-electron chi connectivity index (χ4n) is 3.64. The maximum absolute atomic E-state index is 12.4. The highest BCUT2D eigenvalue weighted by molar-refractivity contribution is 5.68. The third kappa shape index (κ3) is 10.3. The molecular formula is C20H40N2O5. The van der Waals surface area contributed by atoms with Crippen LogP contribution in [-0.2, 0) is 14.2 Å². The highest BCUT2D eigenvalue weighted by Crippen LogP contribution is 2.29. The molecule has 1 saturated carbocycles. The summed E-state index contributed by atoms with van der Waals surface area (Å²) in [5.41, 5.74) is -0.579. The number of carbonyl (C=O) groups excluding carboxylic acids is 1. The quantitative estimate of drug-likeness (QED) is 0.560. The lowest BCUT2D eigenvalue weighted by Gasteiger charge is -2.35. The van der Waals surface area contributed by atoms with Gasteiger partial charge in [-0.05, 0) is 47.2 Å². The van der Waals surface area contributed by atoms with Gasteiger partial charge in [-0.25, -0.2) is 4.79 Å². The summed E-state index contributed by atoms with van der Waals surface area (Å²) in [6, 6.07) is -0.340. The molecule has 0 saturated heterocycles. The third-order valence-electron chi connectivity index (χ3n) is 4.72. The van der Waals surface area contributed by atoms with E-state index < -0.39 is 23.9 Å². The van der Waals surface area contributed by atoms with Crippen LogP contribution in [0.2, 0.25) is 0 Å². The van der Waals surface area contributed by atoms with Crippen LogP contribution in [0.1, 0.15) is 59.3 Å². The van der Waals surface area contributed by atoms with Crippen LogP contribution in [0.15, 0.2) is 0 Å². The van der Waals surface area contributed by atoms with Gasteiger partial charge < -0.3 is 29.5 Å². The Labute approximate surface area is 164 Å². The van der Waals surface area contributed by atoms with E-state index in [0.29, 0.717) is 12.5 Å². The zero-order chi connectivity index (χ0) is 20.4. The lowest BCUT2D eigenvalue weighted by molar-refractivity contribution is -0.129. The molecule has 0 spiro atoms. The molecule has 0 aromatic carbocycles. The molecule has 1 aliphatic carbocycles. The molecule has 2 N–H and O–H groups in total. The van der Waals surface area contributed by atoms with Crippen molar-refractivity contribution in [3.63, 3.8) is 0 Å². The maximum atomic E-state index is 12.4. The van der Waals surface area contributed by atoms with Gasteiger partial charge in [0.25, 0.3) is 0 Å². The number of ether oxygens (including phenoxy) is 3. The van der Waals surface area contributed by atoms with Gasteiger partial charge in [0.15, 0.2) is 0 Å². The number of rotatable bonds is 10. The summed E-state index contributed by atoms with van der Waals surface area (Å²) < 4.78 is 16.3. The minimum Gasteiger partial charge on any atom is -0.444 e. The van der Waals surface area contributed by atoms with E-state index in [2.05, 4.69) is 5.32 Å². The second-order valence-electron chi connectivity index (χ2n) is 8.86. The number of hydrogen-bond acceptors (Lipinski definition) is 6. The number of methoxy groups -OCH3 is 1. The summed E-state index contributed by atoms with van der Waals surface area (Å²) in [5, 5.41) is 13.7. The van der Waals surface area contributed by atoms with Crippen LogP contribution in [0.5, 0.6) is 0 Å². The minimum atomic E-state index is -0.751. The zero-order valence-corrected chi connectivity index (χ0v) is 18.0. The molecule has 7 nitrogen and oxygen atoms in total. The lowest BCUT2D eigenvalue weighted by atomic mass is 9.83. The number of hydrogen-bond donors (Lipinski definition) is 2. The van der Waals surface area contributed by atoms with Crippen LogP contribution in [0.4, 0.5) is 4.79 Å². The summed E-state index contributed by atoms with van der Waals surface area (Å²) >= 11 is 0. The minimum absolute atomic E-state index is 0.0618. The van der Waals surface area contributed by atoms with Gasteiger partial charge in [-0.2, -0.15) is 0 Å². The molecule has 0 aliphatic heterocycles. The maximum Gasteiger partial charge on any atom is 0.407 e. The van der Waals surface area contributed by atoms with Crippen molar-refractivity contribution in [3.05, 3.63) is 0 Å². The molecule has 27 heavy (non-hydrogen) atoms. The number of nitrogens with zero attached hydrogens (tertiary/aromatic N) is 1. The first-order valence-corrected chi connectivity index (χ1v) is 10.0. The first kappa shape index (κ1) is 24.1. The van der Waals surface area contributed by atoms with E-state index in [1.807, 2.05) is 39.8 Å². The van der Waals surface area contributed by atoms with Crippen molar-refractivity contribution in [1.29, 1.82) is 0 Å². The van der Waals surface area contributed by atoms with Crippen LogP contribution in [0.25, 0.3) is 0 Å². The van der Waals surface area contributed by atoms with E-state index in [9.17, 15) is 9.90 Å². The predicted molar refractivity (Wildman–Crippen MR) is 106 cm³/mol. The molecule has 0 radical (unpaired) electrons. The Morgan fingerprint density at radius 2 is 1.85 bits per heavy atom. The van der Waals surface area contributed by atoms with Crippen LogP contribution in [-0.4, -0.2) is 74.5 Å². The summed E-state index contributed by atoms with van der Waals surface area (Å²) in [6.45, 7) is 6.01. The van der Waals surface area contributed by atoms with E-state index in [0.717, 1.165) is 19.3 Å². The van der Waals surface area contributed by atoms with Gasteiger partial charge in [-0.1, -0.05) is 32.1 Å². The Bertz CT molecular complexity index is 419. The van der Waals surface area contributed by atoms with Gasteiger partial charge in [0, 0.05) is 13.7 Å². The average Bonchev–Trinajstić information content (AvgIpc) is 2.53. The van der Waals surface area contributed by atoms with Gasteiger partial charge in [-0.15, -0.1) is 0 Å². The van der Waals surface area contributed by atoms with Crippen LogP contribution in [0, 0.1) is 5.92 Å². The number of aliphatic hydroxyl groups is 1. The Balaban J connectivity index is 2.91. The standard InChI is InChI=1S/C20H40N2O5/c1-20(2,3)27-19(24)21-16(12-15-10-8-7-9-11-15)18(26-14-25-6)17(23)13-22(4)5/h15-18,23H,7-14H2,1-6H3,(H,21,24)/t16-,17-,18+/m0/s1. The molecule has 7 heteroatoms. The SMILES string of the molecule is COCO[C@H]([C@H](CC1CCCCC1)NC(=O)OC(C)(C)C)[C@@H](O)CN(C)C. The number of likely N-dealkylation sites (N-methyl/N-ethyl adjacent to an activating group) is 1. The Kier molecular flexibility index (Phi) is 10.6. The fraction of sp³-hybridized carbons (Fsp3) is 0.950. The Morgan fingerprint density at radius 1 is 1.22 bits per heavy atom. The van der Waals surface area contributed by atoms with Crippen molar-refractivity contribution in [1.82, 2.24) is 10.2 Å². The van der Waals surface area contributed by atoms with Crippen LogP contribution >= 0.6 is 0 Å². The van der Waals surface area contributed by atoms with Gasteiger partial charge in [-0.3, -0.25) is 0 Å². The molecule has 1 rings (SSSR count). The highest BCUT2D eigenvalue weighted by Gasteiger charge is 2.34. The average molecular weight is 389 g/mol. The van der Waals surface area contributed by atoms with Crippen molar-refractivity contribution in [2.45, 2.75) is 83.1 Å². The first-order valence-electron chi connectivity index (χ1n) is 10.0. The van der Waals surface area contributed by atoms with E-state index in [1.54, 1.807) is 7.11 Å². The zero-order valence-electron chi connectivity index (χ0n) is 18.0. The molecule has 0 aromatic rings. The molecular weight excluding hydrogens is 348 g/mol. The number of aliphatic hydroxyl groups excluding tert-OH is 1. The predicted octanol–water partition coefficient (Wildman–Crippen LogP) is 2.76. The van der Waals surface area contributed by atoms with Crippen molar-refractivity contribution in [2.24, 2.45) is 5.92 Å². The van der Waals surface area contributed by atoms with E-state index in [-0.39, 0.29) is 12.8 Å². The van der Waals surface area contributed by atoms with Gasteiger partial charge in [0.05, 0.1) is 12.1 Å². The summed E-state index contributed by atoms with van der Waals surface area (Å²) in [6.07, 6.45) is 4.96. The first-order chi connectivity index (χ1) is 12.6. The van der Waals surface area contributed by atoms with Crippen molar-refractivity contribution < 1.29 is 24.1 Å². The topological polar surface area (TPSA) is 80.3 Å². The summed E-state index contributed by atoms with van der Waals surface area (Å²) in [4.78, 5) is 14.3. The number of amides is 1. The normalized spacial score (nSPS) is 19.6. The second kappa shape index (κ2) is 11.8. The largest absolute Gasteiger partial charge is 0.444 e. The molecule has 1 amide bonds. The number of alkyl carbamates (subject to hydrolysis) is 1. The molecule has 3 atom stereocenters. The lowest BCUT2D eigenvalue weighted by Crippen LogP contribution is -2.54.